The van der Waals surface area contributed by atoms with Crippen molar-refractivity contribution in [1.29, 1.82) is 0 Å². The number of oxime groups is 1. The van der Waals surface area contributed by atoms with E-state index in [1.54, 1.807) is 12.1 Å². The molecule has 1 aliphatic rings. The van der Waals surface area contributed by atoms with Gasteiger partial charge in [0.2, 0.25) is 5.82 Å². The number of halogens is 1. The van der Waals surface area contributed by atoms with Gasteiger partial charge >= 0.3 is 0 Å². The van der Waals surface area contributed by atoms with E-state index in [0.717, 1.165) is 31.2 Å². The Morgan fingerprint density at radius 1 is 1.24 bits per heavy atom. The SMILES string of the molecule is NS(=O)(=O)NCC1CCC(Nc2nonc2C(Cc2ccc(F)cc2)=NO)CC1. The van der Waals surface area contributed by atoms with E-state index in [2.05, 4.69) is 25.5 Å². The van der Waals surface area contributed by atoms with Gasteiger partial charge in [0.1, 0.15) is 11.5 Å². The van der Waals surface area contributed by atoms with Gasteiger partial charge in [0.05, 0.1) is 0 Å². The zero-order valence-corrected chi connectivity index (χ0v) is 16.4. The van der Waals surface area contributed by atoms with Crippen molar-refractivity contribution in [3.63, 3.8) is 0 Å². The molecule has 5 N–H and O–H groups in total. The molecule has 1 fully saturated rings. The Hall–Kier alpha value is -2.57. The quantitative estimate of drug-likeness (QED) is 0.282. The number of aromatic nitrogens is 2. The average molecular weight is 426 g/mol. The molecule has 0 bridgehead atoms. The van der Waals surface area contributed by atoms with Gasteiger partial charge in [-0.3, -0.25) is 0 Å². The van der Waals surface area contributed by atoms with E-state index in [1.165, 1.54) is 12.1 Å². The minimum absolute atomic E-state index is 0.0946. The van der Waals surface area contributed by atoms with Crippen LogP contribution >= 0.6 is 0 Å². The van der Waals surface area contributed by atoms with Crippen LogP contribution in [0.15, 0.2) is 34.1 Å². The van der Waals surface area contributed by atoms with E-state index in [-0.39, 0.29) is 35.6 Å². The molecule has 10 nitrogen and oxygen atoms in total. The zero-order valence-electron chi connectivity index (χ0n) is 15.6. The lowest BCUT2D eigenvalue weighted by molar-refractivity contribution is 0.303. The maximum atomic E-state index is 13.1. The van der Waals surface area contributed by atoms with Crippen LogP contribution in [0.1, 0.15) is 36.9 Å². The summed E-state index contributed by atoms with van der Waals surface area (Å²) in [5, 5.41) is 28.6. The predicted molar refractivity (Wildman–Crippen MR) is 103 cm³/mol. The van der Waals surface area contributed by atoms with Crippen LogP contribution < -0.4 is 15.2 Å². The van der Waals surface area contributed by atoms with E-state index < -0.39 is 10.2 Å². The molecule has 29 heavy (non-hydrogen) atoms. The molecule has 0 unspecified atom stereocenters. The van der Waals surface area contributed by atoms with Gasteiger partial charge in [-0.25, -0.2) is 18.9 Å². The second kappa shape index (κ2) is 9.29. The highest BCUT2D eigenvalue weighted by Crippen LogP contribution is 2.27. The van der Waals surface area contributed by atoms with Crippen LogP contribution in [0.25, 0.3) is 0 Å². The molecular weight excluding hydrogens is 403 g/mol. The molecule has 158 valence electrons. The summed E-state index contributed by atoms with van der Waals surface area (Å²) < 4.78 is 42.2. The van der Waals surface area contributed by atoms with Gasteiger partial charge in [0, 0.05) is 19.0 Å². The summed E-state index contributed by atoms with van der Waals surface area (Å²) >= 11 is 0. The van der Waals surface area contributed by atoms with Gasteiger partial charge in [0.25, 0.3) is 10.2 Å². The first-order valence-corrected chi connectivity index (χ1v) is 10.7. The van der Waals surface area contributed by atoms with Crippen LogP contribution in [0.4, 0.5) is 10.2 Å². The van der Waals surface area contributed by atoms with E-state index in [0.29, 0.717) is 12.4 Å². The number of hydrogen-bond donors (Lipinski definition) is 4. The van der Waals surface area contributed by atoms with Crippen molar-refractivity contribution in [3.8, 4) is 0 Å². The van der Waals surface area contributed by atoms with Gasteiger partial charge in [0.15, 0.2) is 5.69 Å². The molecule has 1 aliphatic carbocycles. The van der Waals surface area contributed by atoms with Gasteiger partial charge in [-0.05, 0) is 59.6 Å². The van der Waals surface area contributed by atoms with Crippen LogP contribution in [0.3, 0.4) is 0 Å². The Morgan fingerprint density at radius 2 is 1.93 bits per heavy atom. The fourth-order valence-corrected chi connectivity index (χ4v) is 3.84. The largest absolute Gasteiger partial charge is 0.411 e. The standard InChI is InChI=1S/C17H23FN6O4S/c18-13-5-1-11(2-6-13)9-15(22-25)16-17(24-28-23-16)21-14-7-3-12(4-8-14)10-20-29(19,26)27/h1-2,5-6,12,14,20,25H,3-4,7-10H2,(H,21,24)(H2,19,26,27). The Labute approximate surface area is 167 Å². The molecule has 0 saturated heterocycles. The molecule has 0 radical (unpaired) electrons. The first-order valence-electron chi connectivity index (χ1n) is 9.16. The number of anilines is 1. The molecule has 0 amide bonds. The molecule has 2 aromatic rings. The van der Waals surface area contributed by atoms with Crippen LogP contribution in [0, 0.1) is 11.7 Å². The molecule has 1 saturated carbocycles. The maximum absolute atomic E-state index is 13.1. The average Bonchev–Trinajstić information content (AvgIpc) is 3.14. The Kier molecular flexibility index (Phi) is 6.77. The Balaban J connectivity index is 1.58. The third-order valence-electron chi connectivity index (χ3n) is 4.93. The Bertz CT molecular complexity index is 939. The first-order chi connectivity index (χ1) is 13.8. The van der Waals surface area contributed by atoms with Gasteiger partial charge < -0.3 is 10.5 Å². The molecule has 12 heteroatoms. The molecule has 1 aromatic heterocycles. The van der Waals surface area contributed by atoms with E-state index in [1.807, 2.05) is 0 Å². The smallest absolute Gasteiger partial charge is 0.274 e. The predicted octanol–water partition coefficient (Wildman–Crippen LogP) is 1.39. The Morgan fingerprint density at radius 3 is 2.55 bits per heavy atom. The molecule has 1 heterocycles. The summed E-state index contributed by atoms with van der Waals surface area (Å²) in [5.41, 5.74) is 1.28. The molecule has 3 rings (SSSR count). The molecule has 0 atom stereocenters. The van der Waals surface area contributed by atoms with E-state index in [4.69, 9.17) is 9.77 Å². The fourth-order valence-electron chi connectivity index (χ4n) is 3.37. The molecule has 0 spiro atoms. The van der Waals surface area contributed by atoms with Crippen molar-refractivity contribution >= 4 is 21.7 Å². The van der Waals surface area contributed by atoms with E-state index >= 15 is 0 Å². The molecule has 1 aromatic carbocycles. The summed E-state index contributed by atoms with van der Waals surface area (Å²) in [6.07, 6.45) is 3.46. The van der Waals surface area contributed by atoms with Crippen LogP contribution in [0.5, 0.6) is 0 Å². The van der Waals surface area contributed by atoms with Crippen LogP contribution in [-0.4, -0.2) is 42.2 Å². The van der Waals surface area contributed by atoms with Crippen molar-refractivity contribution in [3.05, 3.63) is 41.3 Å². The highest BCUT2D eigenvalue weighted by atomic mass is 32.2. The van der Waals surface area contributed by atoms with Gasteiger partial charge in [-0.15, -0.1) is 0 Å². The third kappa shape index (κ3) is 6.21. The summed E-state index contributed by atoms with van der Waals surface area (Å²) in [7, 11) is -3.68. The van der Waals surface area contributed by atoms with Crippen molar-refractivity contribution in [2.75, 3.05) is 11.9 Å². The maximum Gasteiger partial charge on any atom is 0.274 e. The summed E-state index contributed by atoms with van der Waals surface area (Å²) in [6.45, 7) is 0.321. The topological polar surface area (TPSA) is 156 Å². The lowest BCUT2D eigenvalue weighted by Crippen LogP contribution is -2.37. The highest BCUT2D eigenvalue weighted by molar-refractivity contribution is 7.87. The van der Waals surface area contributed by atoms with Crippen molar-refractivity contribution in [2.45, 2.75) is 38.1 Å². The summed E-state index contributed by atoms with van der Waals surface area (Å²) in [6, 6.07) is 5.94. The number of nitrogens with two attached hydrogens (primary N) is 1. The lowest BCUT2D eigenvalue weighted by Gasteiger charge is -2.29. The molecule has 0 aliphatic heterocycles. The van der Waals surface area contributed by atoms with Crippen molar-refractivity contribution < 1.29 is 22.6 Å². The fraction of sp³-hybridized carbons (Fsp3) is 0.471. The monoisotopic (exact) mass is 426 g/mol. The minimum Gasteiger partial charge on any atom is -0.411 e. The first kappa shape index (κ1) is 21.1. The third-order valence-corrected chi connectivity index (χ3v) is 5.50. The molecular formula is C17H23FN6O4S. The highest BCUT2D eigenvalue weighted by Gasteiger charge is 2.25. The zero-order chi connectivity index (χ0) is 20.9. The van der Waals surface area contributed by atoms with Crippen LogP contribution in [-0.2, 0) is 16.6 Å². The van der Waals surface area contributed by atoms with Crippen molar-refractivity contribution in [1.82, 2.24) is 15.0 Å². The summed E-state index contributed by atoms with van der Waals surface area (Å²) in [4.78, 5) is 0. The second-order valence-corrected chi connectivity index (χ2v) is 8.45. The summed E-state index contributed by atoms with van der Waals surface area (Å²) in [5.74, 6) is 0.233. The van der Waals surface area contributed by atoms with E-state index in [9.17, 15) is 18.0 Å². The minimum atomic E-state index is -3.68. The number of rotatable bonds is 8. The van der Waals surface area contributed by atoms with Gasteiger partial charge in [-0.2, -0.15) is 8.42 Å². The number of nitrogens with one attached hydrogen (secondary N) is 2. The van der Waals surface area contributed by atoms with Crippen molar-refractivity contribution in [2.24, 2.45) is 16.2 Å². The number of nitrogens with zero attached hydrogens (tertiary/aromatic N) is 3. The number of benzene rings is 1. The normalized spacial score (nSPS) is 20.6. The van der Waals surface area contributed by atoms with Crippen LogP contribution in [0.2, 0.25) is 0 Å². The van der Waals surface area contributed by atoms with Gasteiger partial charge in [-0.1, -0.05) is 17.3 Å². The second-order valence-electron chi connectivity index (χ2n) is 7.07. The number of hydrogen-bond acceptors (Lipinski definition) is 8. The lowest BCUT2D eigenvalue weighted by atomic mass is 9.86.